The molecule has 4 heteroatoms. The summed E-state index contributed by atoms with van der Waals surface area (Å²) in [5, 5.41) is 18.9. The minimum Gasteiger partial charge on any atom is -0.505 e. The largest absolute Gasteiger partial charge is 0.505 e. The second kappa shape index (κ2) is 6.23. The third-order valence-corrected chi connectivity index (χ3v) is 2.39. The normalized spacial score (nSPS) is 11.2. The van der Waals surface area contributed by atoms with Gasteiger partial charge in [0.2, 0.25) is 0 Å². The van der Waals surface area contributed by atoms with Crippen LogP contribution in [-0.2, 0) is 6.61 Å². The smallest absolute Gasteiger partial charge is 0.145 e. The van der Waals surface area contributed by atoms with Gasteiger partial charge in [-0.1, -0.05) is 13.3 Å². The Balaban J connectivity index is 2.92. The van der Waals surface area contributed by atoms with Crippen LogP contribution < -0.4 is 0 Å². The first kappa shape index (κ1) is 12.6. The van der Waals surface area contributed by atoms with Gasteiger partial charge in [-0.05, 0) is 13.3 Å². The van der Waals surface area contributed by atoms with Crippen molar-refractivity contribution in [1.82, 2.24) is 4.98 Å². The number of aliphatic hydroxyl groups excluding tert-OH is 1. The van der Waals surface area contributed by atoms with Crippen LogP contribution in [0.5, 0.6) is 5.75 Å². The summed E-state index contributed by atoms with van der Waals surface area (Å²) in [5.41, 5.74) is 1.73. The van der Waals surface area contributed by atoms with Crippen molar-refractivity contribution < 1.29 is 10.2 Å². The van der Waals surface area contributed by atoms with E-state index in [-0.39, 0.29) is 12.4 Å². The summed E-state index contributed by atoms with van der Waals surface area (Å²) in [6.07, 6.45) is 5.29. The number of hydrogen-bond acceptors (Lipinski definition) is 4. The predicted molar refractivity (Wildman–Crippen MR) is 63.9 cm³/mol. The molecule has 2 N–H and O–H groups in total. The van der Waals surface area contributed by atoms with Crippen molar-refractivity contribution in [2.75, 3.05) is 6.54 Å². The number of aliphatic imine (C=N–C) groups is 1. The first-order valence-electron chi connectivity index (χ1n) is 5.48. The van der Waals surface area contributed by atoms with Crippen LogP contribution in [0.2, 0.25) is 0 Å². The highest BCUT2D eigenvalue weighted by atomic mass is 16.3. The highest BCUT2D eigenvalue weighted by Crippen LogP contribution is 2.21. The molecule has 1 rings (SSSR count). The minimum atomic E-state index is -0.143. The zero-order chi connectivity index (χ0) is 12.0. The molecule has 0 aliphatic carbocycles. The fourth-order valence-electron chi connectivity index (χ4n) is 1.33. The average Bonchev–Trinajstić information content (AvgIpc) is 2.30. The van der Waals surface area contributed by atoms with Crippen LogP contribution in [0.1, 0.15) is 36.6 Å². The Morgan fingerprint density at radius 2 is 2.25 bits per heavy atom. The Labute approximate surface area is 95.7 Å². The SMILES string of the molecule is CCCCN=Cc1c(CO)cnc(C)c1O. The second-order valence-electron chi connectivity index (χ2n) is 3.68. The lowest BCUT2D eigenvalue weighted by Crippen LogP contribution is -1.98. The third kappa shape index (κ3) is 3.03. The Hall–Kier alpha value is -1.42. The van der Waals surface area contributed by atoms with Gasteiger partial charge in [0, 0.05) is 30.1 Å². The van der Waals surface area contributed by atoms with Crippen molar-refractivity contribution in [3.05, 3.63) is 23.0 Å². The Bertz CT molecular complexity index is 376. The Kier molecular flexibility index (Phi) is 4.92. The van der Waals surface area contributed by atoms with Gasteiger partial charge in [0.05, 0.1) is 12.3 Å². The summed E-state index contributed by atoms with van der Waals surface area (Å²) in [6.45, 7) is 4.42. The molecule has 0 unspecified atom stereocenters. The molecule has 4 nitrogen and oxygen atoms in total. The molecule has 0 aliphatic heterocycles. The van der Waals surface area contributed by atoms with Crippen molar-refractivity contribution in [3.63, 3.8) is 0 Å². The molecule has 0 atom stereocenters. The zero-order valence-electron chi connectivity index (χ0n) is 9.77. The van der Waals surface area contributed by atoms with Crippen LogP contribution in [0.4, 0.5) is 0 Å². The van der Waals surface area contributed by atoms with Gasteiger partial charge in [-0.3, -0.25) is 9.98 Å². The first-order chi connectivity index (χ1) is 7.70. The van der Waals surface area contributed by atoms with Gasteiger partial charge in [0.15, 0.2) is 0 Å². The molecule has 0 saturated heterocycles. The topological polar surface area (TPSA) is 65.7 Å². The van der Waals surface area contributed by atoms with Crippen LogP contribution >= 0.6 is 0 Å². The molecular formula is C12H18N2O2. The van der Waals surface area contributed by atoms with E-state index in [9.17, 15) is 5.11 Å². The van der Waals surface area contributed by atoms with Gasteiger partial charge in [-0.25, -0.2) is 0 Å². The number of hydrogen-bond donors (Lipinski definition) is 2. The monoisotopic (exact) mass is 222 g/mol. The van der Waals surface area contributed by atoms with Gasteiger partial charge in [-0.15, -0.1) is 0 Å². The summed E-state index contributed by atoms with van der Waals surface area (Å²) < 4.78 is 0. The van der Waals surface area contributed by atoms with Gasteiger partial charge in [0.25, 0.3) is 0 Å². The van der Waals surface area contributed by atoms with E-state index in [1.54, 1.807) is 19.3 Å². The van der Waals surface area contributed by atoms with Gasteiger partial charge in [-0.2, -0.15) is 0 Å². The first-order valence-corrected chi connectivity index (χ1v) is 5.48. The van der Waals surface area contributed by atoms with Crippen molar-refractivity contribution >= 4 is 6.21 Å². The van der Waals surface area contributed by atoms with Crippen molar-refractivity contribution in [2.45, 2.75) is 33.3 Å². The zero-order valence-corrected chi connectivity index (χ0v) is 9.77. The maximum absolute atomic E-state index is 9.80. The molecule has 1 aromatic rings. The lowest BCUT2D eigenvalue weighted by atomic mass is 10.1. The number of aliphatic hydroxyl groups is 1. The second-order valence-corrected chi connectivity index (χ2v) is 3.68. The summed E-state index contributed by atoms with van der Waals surface area (Å²) >= 11 is 0. The molecule has 0 aromatic carbocycles. The number of pyridine rings is 1. The molecule has 0 saturated carbocycles. The summed E-state index contributed by atoms with van der Waals surface area (Å²) in [4.78, 5) is 8.20. The molecule has 1 heterocycles. The summed E-state index contributed by atoms with van der Waals surface area (Å²) in [6, 6.07) is 0. The highest BCUT2D eigenvalue weighted by Gasteiger charge is 2.08. The quantitative estimate of drug-likeness (QED) is 0.590. The van der Waals surface area contributed by atoms with Crippen LogP contribution in [0, 0.1) is 6.92 Å². The summed E-state index contributed by atoms with van der Waals surface area (Å²) in [5.74, 6) is 0.104. The Morgan fingerprint density at radius 1 is 1.50 bits per heavy atom. The maximum atomic E-state index is 9.80. The fraction of sp³-hybridized carbons (Fsp3) is 0.500. The molecule has 16 heavy (non-hydrogen) atoms. The Morgan fingerprint density at radius 3 is 2.88 bits per heavy atom. The number of aryl methyl sites for hydroxylation is 1. The molecule has 0 fully saturated rings. The number of rotatable bonds is 5. The molecule has 88 valence electrons. The van der Waals surface area contributed by atoms with Gasteiger partial charge < -0.3 is 10.2 Å². The number of aromatic nitrogens is 1. The molecule has 0 aliphatic rings. The molecule has 0 radical (unpaired) electrons. The number of unbranched alkanes of at least 4 members (excludes halogenated alkanes) is 1. The fourth-order valence-corrected chi connectivity index (χ4v) is 1.33. The van der Waals surface area contributed by atoms with Crippen LogP contribution in [0.15, 0.2) is 11.2 Å². The lowest BCUT2D eigenvalue weighted by Gasteiger charge is -2.06. The molecule has 1 aromatic heterocycles. The van der Waals surface area contributed by atoms with E-state index in [1.807, 2.05) is 0 Å². The molecular weight excluding hydrogens is 204 g/mol. The van der Waals surface area contributed by atoms with E-state index >= 15 is 0 Å². The van der Waals surface area contributed by atoms with E-state index in [0.717, 1.165) is 19.4 Å². The molecule has 0 amide bonds. The maximum Gasteiger partial charge on any atom is 0.145 e. The third-order valence-electron chi connectivity index (χ3n) is 2.39. The minimum absolute atomic E-state index is 0.104. The molecule has 0 bridgehead atoms. The van der Waals surface area contributed by atoms with Crippen LogP contribution in [-0.4, -0.2) is 28.0 Å². The highest BCUT2D eigenvalue weighted by molar-refractivity contribution is 5.85. The van der Waals surface area contributed by atoms with E-state index < -0.39 is 0 Å². The van der Waals surface area contributed by atoms with Crippen molar-refractivity contribution in [2.24, 2.45) is 4.99 Å². The van der Waals surface area contributed by atoms with Crippen molar-refractivity contribution in [3.8, 4) is 5.75 Å². The summed E-state index contributed by atoms with van der Waals surface area (Å²) in [7, 11) is 0. The van der Waals surface area contributed by atoms with Crippen molar-refractivity contribution in [1.29, 1.82) is 0 Å². The van der Waals surface area contributed by atoms with E-state index in [1.165, 1.54) is 0 Å². The van der Waals surface area contributed by atoms with E-state index in [4.69, 9.17) is 5.11 Å². The van der Waals surface area contributed by atoms with E-state index in [0.29, 0.717) is 16.8 Å². The lowest BCUT2D eigenvalue weighted by molar-refractivity contribution is 0.280. The van der Waals surface area contributed by atoms with Crippen LogP contribution in [0.3, 0.4) is 0 Å². The van der Waals surface area contributed by atoms with Crippen LogP contribution in [0.25, 0.3) is 0 Å². The number of nitrogens with zero attached hydrogens (tertiary/aromatic N) is 2. The predicted octanol–water partition coefficient (Wildman–Crippen LogP) is 1.81. The van der Waals surface area contributed by atoms with Gasteiger partial charge >= 0.3 is 0 Å². The molecule has 0 spiro atoms. The van der Waals surface area contributed by atoms with Gasteiger partial charge in [0.1, 0.15) is 5.75 Å². The average molecular weight is 222 g/mol. The number of aromatic hydroxyl groups is 1. The van der Waals surface area contributed by atoms with E-state index in [2.05, 4.69) is 16.9 Å². The standard InChI is InChI=1S/C12H18N2O2/c1-3-4-5-13-7-11-10(8-15)6-14-9(2)12(11)16/h6-7,15-16H,3-5,8H2,1-2H3.